The lowest BCUT2D eigenvalue weighted by Gasteiger charge is -2.30. The third-order valence-electron chi connectivity index (χ3n) is 4.18. The van der Waals surface area contributed by atoms with Gasteiger partial charge in [-0.15, -0.1) is 0 Å². The summed E-state index contributed by atoms with van der Waals surface area (Å²) in [4.78, 5) is 25.2. The Morgan fingerprint density at radius 3 is 2.75 bits per heavy atom. The molecule has 1 heterocycles. The Morgan fingerprint density at radius 2 is 2.08 bits per heavy atom. The number of likely N-dealkylation sites (tertiary alicyclic amines) is 1. The van der Waals surface area contributed by atoms with E-state index in [4.69, 9.17) is 10.5 Å². The zero-order chi connectivity index (χ0) is 17.4. The van der Waals surface area contributed by atoms with Gasteiger partial charge in [0.25, 0.3) is 11.8 Å². The number of primary amides is 1. The highest BCUT2D eigenvalue weighted by atomic mass is 16.5. The molecule has 0 spiro atoms. The quantitative estimate of drug-likeness (QED) is 0.704. The molecule has 24 heavy (non-hydrogen) atoms. The van der Waals surface area contributed by atoms with Crippen LogP contribution in [-0.2, 0) is 4.79 Å². The number of carbonyl (C=O) groups is 2. The summed E-state index contributed by atoms with van der Waals surface area (Å²) in [7, 11) is 0. The van der Waals surface area contributed by atoms with Gasteiger partial charge < -0.3 is 20.7 Å². The van der Waals surface area contributed by atoms with Gasteiger partial charge in [-0.3, -0.25) is 9.59 Å². The Hall–Kier alpha value is -2.08. The van der Waals surface area contributed by atoms with Gasteiger partial charge in [-0.1, -0.05) is 6.92 Å². The molecule has 1 atom stereocenters. The van der Waals surface area contributed by atoms with Crippen molar-refractivity contribution in [3.63, 3.8) is 0 Å². The van der Waals surface area contributed by atoms with Gasteiger partial charge in [0.2, 0.25) is 0 Å². The van der Waals surface area contributed by atoms with E-state index in [1.807, 2.05) is 0 Å². The van der Waals surface area contributed by atoms with Gasteiger partial charge in [-0.2, -0.15) is 0 Å². The third kappa shape index (κ3) is 6.20. The zero-order valence-electron chi connectivity index (χ0n) is 14.3. The van der Waals surface area contributed by atoms with Gasteiger partial charge in [0, 0.05) is 18.7 Å². The molecule has 0 aromatic heterocycles. The molecule has 1 fully saturated rings. The SMILES string of the molecule is CC1CCCN(CCCNC(=O)c2ccc(OCC(N)=O)cc2)C1. The molecule has 1 aliphatic heterocycles. The lowest BCUT2D eigenvalue weighted by atomic mass is 10.0. The first-order chi connectivity index (χ1) is 11.5. The first-order valence-corrected chi connectivity index (χ1v) is 8.56. The summed E-state index contributed by atoms with van der Waals surface area (Å²) in [6.45, 7) is 6.17. The van der Waals surface area contributed by atoms with Crippen molar-refractivity contribution in [3.8, 4) is 5.75 Å². The molecule has 6 nitrogen and oxygen atoms in total. The summed E-state index contributed by atoms with van der Waals surface area (Å²) in [6.07, 6.45) is 3.56. The number of benzene rings is 1. The number of rotatable bonds is 8. The van der Waals surface area contributed by atoms with Crippen LogP contribution in [0, 0.1) is 5.92 Å². The van der Waals surface area contributed by atoms with Crippen LogP contribution in [0.1, 0.15) is 36.5 Å². The van der Waals surface area contributed by atoms with E-state index < -0.39 is 5.91 Å². The van der Waals surface area contributed by atoms with Gasteiger partial charge >= 0.3 is 0 Å². The molecule has 1 aliphatic rings. The topological polar surface area (TPSA) is 84.7 Å². The number of amides is 2. The standard InChI is InChI=1S/C18H27N3O3/c1-14-4-2-10-21(12-14)11-3-9-20-18(23)15-5-7-16(8-6-15)24-13-17(19)22/h5-8,14H,2-4,9-13H2,1H3,(H2,19,22)(H,20,23). The zero-order valence-corrected chi connectivity index (χ0v) is 14.3. The van der Waals surface area contributed by atoms with Crippen molar-refractivity contribution in [2.45, 2.75) is 26.2 Å². The Labute approximate surface area is 143 Å². The van der Waals surface area contributed by atoms with E-state index in [0.29, 0.717) is 17.9 Å². The average Bonchev–Trinajstić information content (AvgIpc) is 2.57. The van der Waals surface area contributed by atoms with E-state index in [0.717, 1.165) is 18.9 Å². The number of ether oxygens (including phenoxy) is 1. The summed E-state index contributed by atoms with van der Waals surface area (Å²) in [5.74, 6) is 0.677. The minimum absolute atomic E-state index is 0.0940. The van der Waals surface area contributed by atoms with Crippen LogP contribution >= 0.6 is 0 Å². The van der Waals surface area contributed by atoms with Crippen molar-refractivity contribution in [1.29, 1.82) is 0 Å². The first kappa shape index (κ1) is 18.3. The van der Waals surface area contributed by atoms with Gasteiger partial charge in [0.15, 0.2) is 6.61 Å². The van der Waals surface area contributed by atoms with Crippen molar-refractivity contribution in [2.24, 2.45) is 11.7 Å². The predicted octanol–water partition coefficient (Wildman–Crippen LogP) is 1.40. The highest BCUT2D eigenvalue weighted by Gasteiger charge is 2.15. The monoisotopic (exact) mass is 333 g/mol. The Bertz CT molecular complexity index is 545. The maximum Gasteiger partial charge on any atom is 0.255 e. The molecule has 1 saturated heterocycles. The largest absolute Gasteiger partial charge is 0.484 e. The summed E-state index contributed by atoms with van der Waals surface area (Å²) in [5.41, 5.74) is 5.59. The smallest absolute Gasteiger partial charge is 0.255 e. The van der Waals surface area contributed by atoms with Crippen LogP contribution in [0.15, 0.2) is 24.3 Å². The molecule has 132 valence electrons. The maximum atomic E-state index is 12.1. The first-order valence-electron chi connectivity index (χ1n) is 8.56. The molecular formula is C18H27N3O3. The second-order valence-electron chi connectivity index (χ2n) is 6.44. The Kier molecular flexibility index (Phi) is 7.06. The third-order valence-corrected chi connectivity index (χ3v) is 4.18. The Balaban J connectivity index is 1.67. The predicted molar refractivity (Wildman–Crippen MR) is 92.9 cm³/mol. The normalized spacial score (nSPS) is 18.1. The molecule has 0 radical (unpaired) electrons. The van der Waals surface area contributed by atoms with Crippen LogP contribution < -0.4 is 15.8 Å². The number of nitrogens with zero attached hydrogens (tertiary/aromatic N) is 1. The van der Waals surface area contributed by atoms with E-state index in [1.165, 1.54) is 25.9 Å². The fraction of sp³-hybridized carbons (Fsp3) is 0.556. The Morgan fingerprint density at radius 1 is 1.33 bits per heavy atom. The van der Waals surface area contributed by atoms with Crippen LogP contribution in [0.25, 0.3) is 0 Å². The fourth-order valence-electron chi connectivity index (χ4n) is 2.95. The van der Waals surface area contributed by atoms with E-state index >= 15 is 0 Å². The summed E-state index contributed by atoms with van der Waals surface area (Å²) in [5, 5.41) is 2.94. The average molecular weight is 333 g/mol. The lowest BCUT2D eigenvalue weighted by molar-refractivity contribution is -0.119. The molecule has 1 unspecified atom stereocenters. The summed E-state index contributed by atoms with van der Waals surface area (Å²) < 4.78 is 5.16. The highest BCUT2D eigenvalue weighted by Crippen LogP contribution is 2.15. The van der Waals surface area contributed by atoms with Crippen LogP contribution in [0.3, 0.4) is 0 Å². The lowest BCUT2D eigenvalue weighted by Crippen LogP contribution is -2.36. The van der Waals surface area contributed by atoms with Crippen LogP contribution in [-0.4, -0.2) is 49.5 Å². The maximum absolute atomic E-state index is 12.1. The molecule has 0 bridgehead atoms. The number of hydrogen-bond donors (Lipinski definition) is 2. The molecule has 6 heteroatoms. The summed E-state index contributed by atoms with van der Waals surface area (Å²) in [6, 6.07) is 6.68. The van der Waals surface area contributed by atoms with Crippen molar-refractivity contribution >= 4 is 11.8 Å². The number of nitrogens with one attached hydrogen (secondary N) is 1. The minimum atomic E-state index is -0.528. The van der Waals surface area contributed by atoms with E-state index in [9.17, 15) is 9.59 Å². The van der Waals surface area contributed by atoms with Gasteiger partial charge in [-0.25, -0.2) is 0 Å². The van der Waals surface area contributed by atoms with Crippen LogP contribution in [0.2, 0.25) is 0 Å². The molecule has 1 aromatic carbocycles. The minimum Gasteiger partial charge on any atom is -0.484 e. The van der Waals surface area contributed by atoms with Crippen molar-refractivity contribution in [3.05, 3.63) is 29.8 Å². The molecule has 1 aromatic rings. The second kappa shape index (κ2) is 9.27. The van der Waals surface area contributed by atoms with Crippen molar-refractivity contribution in [2.75, 3.05) is 32.8 Å². The van der Waals surface area contributed by atoms with Gasteiger partial charge in [0.1, 0.15) is 5.75 Å². The fourth-order valence-corrected chi connectivity index (χ4v) is 2.95. The van der Waals surface area contributed by atoms with Crippen LogP contribution in [0.5, 0.6) is 5.75 Å². The van der Waals surface area contributed by atoms with Crippen LogP contribution in [0.4, 0.5) is 0 Å². The number of nitrogens with two attached hydrogens (primary N) is 1. The summed E-state index contributed by atoms with van der Waals surface area (Å²) >= 11 is 0. The number of hydrogen-bond acceptors (Lipinski definition) is 4. The number of carbonyl (C=O) groups excluding carboxylic acids is 2. The molecule has 0 aliphatic carbocycles. The molecule has 2 amide bonds. The van der Waals surface area contributed by atoms with Gasteiger partial charge in [0.05, 0.1) is 0 Å². The molecular weight excluding hydrogens is 306 g/mol. The highest BCUT2D eigenvalue weighted by molar-refractivity contribution is 5.94. The van der Waals surface area contributed by atoms with Crippen molar-refractivity contribution < 1.29 is 14.3 Å². The van der Waals surface area contributed by atoms with E-state index in [2.05, 4.69) is 17.1 Å². The number of piperidine rings is 1. The molecule has 2 rings (SSSR count). The molecule has 3 N–H and O–H groups in total. The van der Waals surface area contributed by atoms with E-state index in [1.54, 1.807) is 24.3 Å². The van der Waals surface area contributed by atoms with Crippen molar-refractivity contribution in [1.82, 2.24) is 10.2 Å². The van der Waals surface area contributed by atoms with Gasteiger partial charge in [-0.05, 0) is 62.5 Å². The van der Waals surface area contributed by atoms with E-state index in [-0.39, 0.29) is 12.5 Å². The second-order valence-corrected chi connectivity index (χ2v) is 6.44. The molecule has 0 saturated carbocycles.